The monoisotopic (exact) mass is 560 g/mol. The summed E-state index contributed by atoms with van der Waals surface area (Å²) < 4.78 is 8.42. The molecule has 0 aliphatic carbocycles. The lowest BCUT2D eigenvalue weighted by Gasteiger charge is -2.29. The molecule has 0 spiro atoms. The lowest BCUT2D eigenvalue weighted by molar-refractivity contribution is -0.135. The van der Waals surface area contributed by atoms with Gasteiger partial charge in [-0.25, -0.2) is 9.78 Å². The van der Waals surface area contributed by atoms with Gasteiger partial charge in [0.2, 0.25) is 5.91 Å². The fraction of sp³-hybridized carbons (Fsp3) is 0.375. The molecule has 0 radical (unpaired) electrons. The summed E-state index contributed by atoms with van der Waals surface area (Å²) in [5.74, 6) is 0.621. The maximum Gasteiger partial charge on any atom is 0.407 e. The smallest absolute Gasteiger partial charge is 0.407 e. The number of rotatable bonds is 5. The number of amides is 2. The van der Waals surface area contributed by atoms with Crippen LogP contribution in [0.25, 0.3) is 30.9 Å². The molecule has 0 unspecified atom stereocenters. The molecule has 2 N–H and O–H groups in total. The Balaban J connectivity index is 1.42. The number of fused-ring (bicyclic) bond motifs is 2. The van der Waals surface area contributed by atoms with Crippen molar-refractivity contribution in [1.29, 1.82) is 0 Å². The van der Waals surface area contributed by atoms with E-state index in [-0.39, 0.29) is 17.9 Å². The van der Waals surface area contributed by atoms with Crippen LogP contribution in [0.5, 0.6) is 0 Å². The standard InChI is InChI=1S/C24H25BrN4O3S2/c1-12(2)21(28-24(31)32-3)23(30)29-8-4-5-16(29)22-26-14-7-6-13(9-15(14)27-22)17-10-18-19(33-17)11-20(25)34-18/h6-7,9-12,16,21H,4-5,8H2,1-3H3,(H,26,27)(H,28,31)/t16-,21-/m0/s1. The van der Waals surface area contributed by atoms with Gasteiger partial charge in [-0.3, -0.25) is 4.79 Å². The average molecular weight is 562 g/mol. The van der Waals surface area contributed by atoms with Crippen LogP contribution in [0.1, 0.15) is 38.6 Å². The number of benzene rings is 1. The van der Waals surface area contributed by atoms with Gasteiger partial charge in [0.05, 0.1) is 28.0 Å². The number of ether oxygens (including phenoxy) is 1. The van der Waals surface area contributed by atoms with Crippen LogP contribution in [0, 0.1) is 5.92 Å². The van der Waals surface area contributed by atoms with Crippen molar-refractivity contribution in [2.75, 3.05) is 13.7 Å². The Kier molecular flexibility index (Phi) is 6.39. The van der Waals surface area contributed by atoms with Gasteiger partial charge >= 0.3 is 6.09 Å². The maximum absolute atomic E-state index is 13.4. The zero-order valence-corrected chi connectivity index (χ0v) is 22.3. The third-order valence-electron chi connectivity index (χ3n) is 6.20. The highest BCUT2D eigenvalue weighted by molar-refractivity contribution is 9.11. The highest BCUT2D eigenvalue weighted by atomic mass is 79.9. The summed E-state index contributed by atoms with van der Waals surface area (Å²) in [6, 6.07) is 9.87. The van der Waals surface area contributed by atoms with Crippen molar-refractivity contribution in [2.45, 2.75) is 38.8 Å². The van der Waals surface area contributed by atoms with Crippen LogP contribution in [-0.4, -0.2) is 46.6 Å². The summed E-state index contributed by atoms with van der Waals surface area (Å²) in [4.78, 5) is 36.5. The van der Waals surface area contributed by atoms with E-state index < -0.39 is 12.1 Å². The molecular weight excluding hydrogens is 536 g/mol. The van der Waals surface area contributed by atoms with Crippen molar-refractivity contribution in [3.63, 3.8) is 0 Å². The van der Waals surface area contributed by atoms with Crippen molar-refractivity contribution in [3.05, 3.63) is 39.9 Å². The third kappa shape index (κ3) is 4.34. The number of methoxy groups -OCH3 is 1. The van der Waals surface area contributed by atoms with Crippen molar-refractivity contribution in [3.8, 4) is 10.4 Å². The topological polar surface area (TPSA) is 87.3 Å². The first-order chi connectivity index (χ1) is 16.3. The van der Waals surface area contributed by atoms with Crippen LogP contribution in [0.2, 0.25) is 0 Å². The lowest BCUT2D eigenvalue weighted by Crippen LogP contribution is -2.51. The molecule has 4 heterocycles. The Morgan fingerprint density at radius 2 is 2.03 bits per heavy atom. The molecule has 1 aliphatic rings. The normalized spacial score (nSPS) is 17.1. The van der Waals surface area contributed by atoms with E-state index in [9.17, 15) is 9.59 Å². The molecule has 1 saturated heterocycles. The quantitative estimate of drug-likeness (QED) is 0.299. The van der Waals surface area contributed by atoms with Gasteiger partial charge in [0.15, 0.2) is 0 Å². The molecule has 4 aromatic rings. The summed E-state index contributed by atoms with van der Waals surface area (Å²) >= 11 is 7.07. The number of likely N-dealkylation sites (tertiary alicyclic amines) is 1. The summed E-state index contributed by atoms with van der Waals surface area (Å²) in [5.41, 5.74) is 2.99. The number of hydrogen-bond acceptors (Lipinski definition) is 6. The van der Waals surface area contributed by atoms with E-state index >= 15 is 0 Å². The molecule has 1 fully saturated rings. The number of H-pyrrole nitrogens is 1. The number of halogens is 1. The number of aromatic nitrogens is 2. The van der Waals surface area contributed by atoms with Gasteiger partial charge in [0, 0.05) is 20.8 Å². The number of imidazole rings is 1. The molecular formula is C24H25BrN4O3S2. The summed E-state index contributed by atoms with van der Waals surface area (Å²) in [7, 11) is 1.30. The van der Waals surface area contributed by atoms with Gasteiger partial charge in [-0.2, -0.15) is 0 Å². The van der Waals surface area contributed by atoms with E-state index in [0.717, 1.165) is 39.0 Å². The summed E-state index contributed by atoms with van der Waals surface area (Å²) in [6.07, 6.45) is 1.13. The zero-order chi connectivity index (χ0) is 24.0. The van der Waals surface area contributed by atoms with Gasteiger partial charge in [0.1, 0.15) is 11.9 Å². The van der Waals surface area contributed by atoms with Crippen LogP contribution in [0.3, 0.4) is 0 Å². The van der Waals surface area contributed by atoms with Crippen LogP contribution >= 0.6 is 38.6 Å². The third-order valence-corrected chi connectivity index (χ3v) is 9.05. The molecule has 2 amide bonds. The minimum atomic E-state index is -0.642. The second kappa shape index (κ2) is 9.31. The first kappa shape index (κ1) is 23.3. The van der Waals surface area contributed by atoms with Gasteiger partial charge in [-0.05, 0) is 64.5 Å². The molecule has 3 aromatic heterocycles. The number of thiophene rings is 2. The van der Waals surface area contributed by atoms with Crippen LogP contribution in [0.4, 0.5) is 4.79 Å². The fourth-order valence-electron chi connectivity index (χ4n) is 4.48. The predicted octanol–water partition coefficient (Wildman–Crippen LogP) is 6.31. The van der Waals surface area contributed by atoms with E-state index in [2.05, 4.69) is 50.5 Å². The highest BCUT2D eigenvalue weighted by Crippen LogP contribution is 2.41. The van der Waals surface area contributed by atoms with E-state index in [4.69, 9.17) is 9.72 Å². The molecule has 34 heavy (non-hydrogen) atoms. The minimum Gasteiger partial charge on any atom is -0.453 e. The molecule has 0 bridgehead atoms. The van der Waals surface area contributed by atoms with Crippen LogP contribution < -0.4 is 5.32 Å². The Labute approximate surface area is 213 Å². The van der Waals surface area contributed by atoms with Crippen LogP contribution in [0.15, 0.2) is 34.1 Å². The molecule has 1 aromatic carbocycles. The van der Waals surface area contributed by atoms with Crippen LogP contribution in [-0.2, 0) is 9.53 Å². The van der Waals surface area contributed by atoms with E-state index in [1.165, 1.54) is 21.4 Å². The van der Waals surface area contributed by atoms with Crippen molar-refractivity contribution >= 4 is 71.0 Å². The zero-order valence-electron chi connectivity index (χ0n) is 19.1. The molecule has 10 heteroatoms. The Morgan fingerprint density at radius 1 is 1.24 bits per heavy atom. The first-order valence-electron chi connectivity index (χ1n) is 11.2. The molecule has 2 atom stereocenters. The molecule has 7 nitrogen and oxygen atoms in total. The number of hydrogen-bond donors (Lipinski definition) is 2. The number of nitrogens with one attached hydrogen (secondary N) is 2. The number of carbonyl (C=O) groups is 2. The molecule has 178 valence electrons. The summed E-state index contributed by atoms with van der Waals surface area (Å²) in [5, 5.41) is 2.70. The number of alkyl carbamates (subject to hydrolysis) is 1. The van der Waals surface area contributed by atoms with Gasteiger partial charge in [-0.1, -0.05) is 19.9 Å². The summed E-state index contributed by atoms with van der Waals surface area (Å²) in [6.45, 7) is 4.47. The van der Waals surface area contributed by atoms with Gasteiger partial charge in [0.25, 0.3) is 0 Å². The Morgan fingerprint density at radius 3 is 2.76 bits per heavy atom. The first-order valence-corrected chi connectivity index (χ1v) is 13.6. The molecule has 0 saturated carbocycles. The van der Waals surface area contributed by atoms with Gasteiger partial charge < -0.3 is 19.9 Å². The molecule has 5 rings (SSSR count). The fourth-order valence-corrected chi connectivity index (χ4v) is 7.50. The lowest BCUT2D eigenvalue weighted by atomic mass is 10.0. The largest absolute Gasteiger partial charge is 0.453 e. The Bertz CT molecular complexity index is 1340. The van der Waals surface area contributed by atoms with Crippen molar-refractivity contribution in [2.24, 2.45) is 5.92 Å². The Hall–Kier alpha value is -2.43. The number of carbonyl (C=O) groups excluding carboxylic acids is 2. The number of nitrogens with zero attached hydrogens (tertiary/aromatic N) is 2. The van der Waals surface area contributed by atoms with Gasteiger partial charge in [-0.15, -0.1) is 22.7 Å². The van der Waals surface area contributed by atoms with Crippen molar-refractivity contribution < 1.29 is 14.3 Å². The predicted molar refractivity (Wildman–Crippen MR) is 140 cm³/mol. The van der Waals surface area contributed by atoms with Crippen molar-refractivity contribution in [1.82, 2.24) is 20.2 Å². The van der Waals surface area contributed by atoms with E-state index in [0.29, 0.717) is 6.54 Å². The minimum absolute atomic E-state index is 0.0628. The number of aromatic amines is 1. The molecule has 1 aliphatic heterocycles. The van der Waals surface area contributed by atoms with E-state index in [1.807, 2.05) is 24.8 Å². The average Bonchev–Trinajstić information content (AvgIpc) is 3.57. The highest BCUT2D eigenvalue weighted by Gasteiger charge is 2.37. The second-order valence-electron chi connectivity index (χ2n) is 8.79. The maximum atomic E-state index is 13.4. The second-order valence-corrected chi connectivity index (χ2v) is 12.3. The van der Waals surface area contributed by atoms with E-state index in [1.54, 1.807) is 22.7 Å². The SMILES string of the molecule is COC(=O)N[C@H](C(=O)N1CCC[C@H]1c1nc2ccc(-c3cc4sc(Br)cc4s3)cc2[nH]1)C(C)C.